The van der Waals surface area contributed by atoms with Crippen LogP contribution in [0.25, 0.3) is 0 Å². The fraction of sp³-hybridized carbons (Fsp3) is 0.200. The van der Waals surface area contributed by atoms with Gasteiger partial charge in [-0.1, -0.05) is 18.2 Å². The number of isocyanates is 1. The molecule has 0 spiro atoms. The molecule has 0 aliphatic rings. The first-order valence-electron chi connectivity index (χ1n) is 4.46. The average Bonchev–Trinajstić information content (AvgIpc) is 2.26. The highest BCUT2D eigenvalue weighted by atomic mass is 16.2. The molecule has 0 aliphatic carbocycles. The average molecular weight is 205 g/mol. The number of aliphatic imine (C=N–C) groups is 1. The quantitative estimate of drug-likeness (QED) is 0.439. The third kappa shape index (κ3) is 4.59. The molecule has 5 nitrogen and oxygen atoms in total. The van der Waals surface area contributed by atoms with E-state index in [0.717, 1.165) is 0 Å². The molecule has 0 aromatic heterocycles. The van der Waals surface area contributed by atoms with Gasteiger partial charge in [-0.05, 0) is 12.1 Å². The van der Waals surface area contributed by atoms with Crippen molar-refractivity contribution in [1.29, 1.82) is 0 Å². The summed E-state index contributed by atoms with van der Waals surface area (Å²) in [6.45, 7) is 0.555. The Hall–Kier alpha value is -2.13. The van der Waals surface area contributed by atoms with Gasteiger partial charge in [0.2, 0.25) is 6.08 Å². The Morgan fingerprint density at radius 3 is 2.73 bits per heavy atom. The van der Waals surface area contributed by atoms with Gasteiger partial charge in [0.05, 0.1) is 6.54 Å². The molecule has 1 rings (SSSR count). The van der Waals surface area contributed by atoms with Crippen molar-refractivity contribution >= 4 is 17.8 Å². The number of anilines is 1. The maximum absolute atomic E-state index is 11.2. The Morgan fingerprint density at radius 2 is 2.07 bits per heavy atom. The van der Waals surface area contributed by atoms with Crippen molar-refractivity contribution in [2.75, 3.05) is 18.4 Å². The summed E-state index contributed by atoms with van der Waals surface area (Å²) in [7, 11) is 0. The zero-order valence-corrected chi connectivity index (χ0v) is 8.06. The highest BCUT2D eigenvalue weighted by Crippen LogP contribution is 2.03. The molecule has 5 heteroatoms. The largest absolute Gasteiger partial charge is 0.336 e. The Labute approximate surface area is 87.2 Å². The summed E-state index contributed by atoms with van der Waals surface area (Å²) in [5, 5.41) is 5.17. The number of hydrogen-bond donors (Lipinski definition) is 2. The number of rotatable bonds is 4. The molecule has 0 aliphatic heterocycles. The van der Waals surface area contributed by atoms with Gasteiger partial charge in [-0.3, -0.25) is 0 Å². The SMILES string of the molecule is O=C=NCCNC(=O)Nc1ccccc1. The highest BCUT2D eigenvalue weighted by Gasteiger charge is 1.98. The molecular weight excluding hydrogens is 194 g/mol. The molecule has 78 valence electrons. The summed E-state index contributed by atoms with van der Waals surface area (Å²) in [5.41, 5.74) is 0.717. The third-order valence-corrected chi connectivity index (χ3v) is 1.61. The van der Waals surface area contributed by atoms with E-state index in [1.807, 2.05) is 18.2 Å². The fourth-order valence-corrected chi connectivity index (χ4v) is 0.968. The van der Waals surface area contributed by atoms with E-state index < -0.39 is 0 Å². The van der Waals surface area contributed by atoms with E-state index in [0.29, 0.717) is 12.2 Å². The number of para-hydroxylation sites is 1. The number of hydrogen-bond acceptors (Lipinski definition) is 3. The van der Waals surface area contributed by atoms with E-state index in [1.165, 1.54) is 6.08 Å². The predicted octanol–water partition coefficient (Wildman–Crippen LogP) is 1.14. The fourth-order valence-electron chi connectivity index (χ4n) is 0.968. The Bertz CT molecular complexity index is 358. The summed E-state index contributed by atoms with van der Waals surface area (Å²) in [6, 6.07) is 8.76. The lowest BCUT2D eigenvalue weighted by Crippen LogP contribution is -2.30. The lowest BCUT2D eigenvalue weighted by atomic mass is 10.3. The Kier molecular flexibility index (Phi) is 4.63. The van der Waals surface area contributed by atoms with Crippen LogP contribution in [-0.4, -0.2) is 25.2 Å². The highest BCUT2D eigenvalue weighted by molar-refractivity contribution is 5.89. The van der Waals surface area contributed by atoms with Gasteiger partial charge in [-0.25, -0.2) is 14.6 Å². The van der Waals surface area contributed by atoms with Gasteiger partial charge >= 0.3 is 6.03 Å². The molecule has 2 amide bonds. The van der Waals surface area contributed by atoms with Gasteiger partial charge in [0.15, 0.2) is 0 Å². The number of benzene rings is 1. The van der Waals surface area contributed by atoms with Crippen LogP contribution < -0.4 is 10.6 Å². The molecule has 0 heterocycles. The van der Waals surface area contributed by atoms with Crippen LogP contribution in [0, 0.1) is 0 Å². The van der Waals surface area contributed by atoms with Crippen molar-refractivity contribution in [1.82, 2.24) is 5.32 Å². The minimum Gasteiger partial charge on any atom is -0.336 e. The minimum atomic E-state index is -0.317. The summed E-state index contributed by atoms with van der Waals surface area (Å²) >= 11 is 0. The molecule has 0 saturated heterocycles. The van der Waals surface area contributed by atoms with E-state index in [-0.39, 0.29) is 12.6 Å². The van der Waals surface area contributed by atoms with Crippen molar-refractivity contribution in [3.05, 3.63) is 30.3 Å². The third-order valence-electron chi connectivity index (χ3n) is 1.61. The number of urea groups is 1. The van der Waals surface area contributed by atoms with E-state index in [4.69, 9.17) is 0 Å². The van der Waals surface area contributed by atoms with Crippen molar-refractivity contribution < 1.29 is 9.59 Å². The molecule has 1 aromatic carbocycles. The van der Waals surface area contributed by atoms with E-state index >= 15 is 0 Å². The number of carbonyl (C=O) groups excluding carboxylic acids is 2. The summed E-state index contributed by atoms with van der Waals surface area (Å²) in [5.74, 6) is 0. The van der Waals surface area contributed by atoms with Gasteiger partial charge < -0.3 is 10.6 Å². The molecular formula is C10H11N3O2. The normalized spacial score (nSPS) is 8.80. The molecule has 0 fully saturated rings. The lowest BCUT2D eigenvalue weighted by molar-refractivity contribution is 0.252. The second kappa shape index (κ2) is 6.34. The minimum absolute atomic E-state index is 0.242. The smallest absolute Gasteiger partial charge is 0.319 e. The Balaban J connectivity index is 2.27. The standard InChI is InChI=1S/C10H11N3O2/c14-8-11-6-7-12-10(15)13-9-4-2-1-3-5-9/h1-5H,6-7H2,(H2,12,13,15). The van der Waals surface area contributed by atoms with Crippen molar-refractivity contribution in [3.63, 3.8) is 0 Å². The molecule has 0 unspecified atom stereocenters. The summed E-state index contributed by atoms with van der Waals surface area (Å²) in [4.78, 5) is 24.2. The van der Waals surface area contributed by atoms with Crippen molar-refractivity contribution in [2.24, 2.45) is 4.99 Å². The van der Waals surface area contributed by atoms with Crippen LogP contribution in [-0.2, 0) is 4.79 Å². The van der Waals surface area contributed by atoms with E-state index in [1.54, 1.807) is 12.1 Å². The van der Waals surface area contributed by atoms with Gasteiger partial charge in [0.25, 0.3) is 0 Å². The second-order valence-corrected chi connectivity index (χ2v) is 2.72. The number of carbonyl (C=O) groups is 1. The maximum atomic E-state index is 11.2. The first kappa shape index (κ1) is 10.9. The Morgan fingerprint density at radius 1 is 1.33 bits per heavy atom. The number of nitrogens with zero attached hydrogens (tertiary/aromatic N) is 1. The van der Waals surface area contributed by atoms with E-state index in [2.05, 4.69) is 15.6 Å². The van der Waals surface area contributed by atoms with Crippen LogP contribution in [0.3, 0.4) is 0 Å². The lowest BCUT2D eigenvalue weighted by Gasteiger charge is -2.05. The molecule has 0 bridgehead atoms. The van der Waals surface area contributed by atoms with Crippen LogP contribution in [0.4, 0.5) is 10.5 Å². The first-order valence-corrected chi connectivity index (χ1v) is 4.46. The zero-order chi connectivity index (χ0) is 10.9. The number of nitrogens with one attached hydrogen (secondary N) is 2. The zero-order valence-electron chi connectivity index (χ0n) is 8.06. The van der Waals surface area contributed by atoms with Gasteiger partial charge in [-0.15, -0.1) is 0 Å². The summed E-state index contributed by atoms with van der Waals surface area (Å²) in [6.07, 6.45) is 1.39. The van der Waals surface area contributed by atoms with Gasteiger partial charge in [0, 0.05) is 12.2 Å². The van der Waals surface area contributed by atoms with Crippen molar-refractivity contribution in [2.45, 2.75) is 0 Å². The van der Waals surface area contributed by atoms with Gasteiger partial charge in [0.1, 0.15) is 0 Å². The number of amides is 2. The van der Waals surface area contributed by atoms with Crippen LogP contribution in [0.1, 0.15) is 0 Å². The molecule has 0 radical (unpaired) electrons. The first-order chi connectivity index (χ1) is 7.33. The molecule has 1 aromatic rings. The summed E-state index contributed by atoms with van der Waals surface area (Å²) < 4.78 is 0. The van der Waals surface area contributed by atoms with Gasteiger partial charge in [-0.2, -0.15) is 0 Å². The van der Waals surface area contributed by atoms with Crippen LogP contribution in [0.15, 0.2) is 35.3 Å². The van der Waals surface area contributed by atoms with Crippen molar-refractivity contribution in [3.8, 4) is 0 Å². The monoisotopic (exact) mass is 205 g/mol. The van der Waals surface area contributed by atoms with Crippen LogP contribution >= 0.6 is 0 Å². The van der Waals surface area contributed by atoms with Crippen LogP contribution in [0.2, 0.25) is 0 Å². The molecule has 15 heavy (non-hydrogen) atoms. The van der Waals surface area contributed by atoms with E-state index in [9.17, 15) is 9.59 Å². The molecule has 0 saturated carbocycles. The van der Waals surface area contributed by atoms with Crippen LogP contribution in [0.5, 0.6) is 0 Å². The predicted molar refractivity (Wildman–Crippen MR) is 56.5 cm³/mol. The maximum Gasteiger partial charge on any atom is 0.319 e. The molecule has 0 atom stereocenters. The second-order valence-electron chi connectivity index (χ2n) is 2.72. The topological polar surface area (TPSA) is 70.6 Å². The molecule has 2 N–H and O–H groups in total.